The van der Waals surface area contributed by atoms with E-state index in [2.05, 4.69) is 27.3 Å². The SMILES string of the molecule is O=C(CSc1nnc(-c2ccncc2)n1-c1ccc(F)cc1)N1CCc2ccccc2C1. The molecular weight excluding hydrogens is 425 g/mol. The lowest BCUT2D eigenvalue weighted by Gasteiger charge is -2.28. The van der Waals surface area contributed by atoms with Crippen molar-refractivity contribution < 1.29 is 9.18 Å². The second-order valence-electron chi connectivity index (χ2n) is 7.48. The second kappa shape index (κ2) is 8.92. The quantitative estimate of drug-likeness (QED) is 0.432. The lowest BCUT2D eigenvalue weighted by molar-refractivity contribution is -0.129. The molecule has 8 heteroatoms. The van der Waals surface area contributed by atoms with E-state index in [1.165, 1.54) is 35.0 Å². The molecule has 0 bridgehead atoms. The van der Waals surface area contributed by atoms with Gasteiger partial charge in [0.1, 0.15) is 5.82 Å². The molecule has 0 unspecified atom stereocenters. The first-order chi connectivity index (χ1) is 15.7. The predicted octanol–water partition coefficient (Wildman–Crippen LogP) is 4.15. The van der Waals surface area contributed by atoms with E-state index in [4.69, 9.17) is 0 Å². The summed E-state index contributed by atoms with van der Waals surface area (Å²) in [6.45, 7) is 1.34. The van der Waals surface area contributed by atoms with E-state index in [1.807, 2.05) is 33.7 Å². The Bertz CT molecular complexity index is 1240. The first-order valence-electron chi connectivity index (χ1n) is 10.3. The Hall–Kier alpha value is -3.52. The number of amides is 1. The molecular formula is C24H20FN5OS. The highest BCUT2D eigenvalue weighted by Crippen LogP contribution is 2.28. The van der Waals surface area contributed by atoms with Crippen LogP contribution in [0.2, 0.25) is 0 Å². The summed E-state index contributed by atoms with van der Waals surface area (Å²) < 4.78 is 15.4. The molecule has 0 saturated heterocycles. The molecule has 0 fully saturated rings. The molecule has 32 heavy (non-hydrogen) atoms. The molecule has 0 saturated carbocycles. The van der Waals surface area contributed by atoms with Gasteiger partial charge in [-0.2, -0.15) is 0 Å². The van der Waals surface area contributed by atoms with Crippen LogP contribution in [-0.4, -0.2) is 42.9 Å². The van der Waals surface area contributed by atoms with Crippen molar-refractivity contribution in [2.75, 3.05) is 12.3 Å². The fraction of sp³-hybridized carbons (Fsp3) is 0.167. The summed E-state index contributed by atoms with van der Waals surface area (Å²) >= 11 is 1.33. The first kappa shape index (κ1) is 20.4. The van der Waals surface area contributed by atoms with Crippen LogP contribution in [0.3, 0.4) is 0 Å². The lowest BCUT2D eigenvalue weighted by atomic mass is 10.00. The zero-order chi connectivity index (χ0) is 21.9. The summed E-state index contributed by atoms with van der Waals surface area (Å²) in [5, 5.41) is 9.26. The van der Waals surface area contributed by atoms with E-state index in [9.17, 15) is 9.18 Å². The van der Waals surface area contributed by atoms with Crippen LogP contribution in [0.4, 0.5) is 4.39 Å². The summed E-state index contributed by atoms with van der Waals surface area (Å²) in [7, 11) is 0. The van der Waals surface area contributed by atoms with Crippen LogP contribution in [0, 0.1) is 5.82 Å². The van der Waals surface area contributed by atoms with E-state index < -0.39 is 0 Å². The van der Waals surface area contributed by atoms with Gasteiger partial charge in [0.25, 0.3) is 0 Å². The highest BCUT2D eigenvalue weighted by molar-refractivity contribution is 7.99. The minimum atomic E-state index is -0.318. The van der Waals surface area contributed by atoms with E-state index in [1.54, 1.807) is 24.5 Å². The number of benzene rings is 2. The number of nitrogens with zero attached hydrogens (tertiary/aromatic N) is 5. The van der Waals surface area contributed by atoms with Gasteiger partial charge in [0.15, 0.2) is 11.0 Å². The molecule has 160 valence electrons. The number of rotatable bonds is 5. The molecule has 0 aliphatic carbocycles. The number of hydrogen-bond donors (Lipinski definition) is 0. The number of aromatic nitrogens is 4. The van der Waals surface area contributed by atoms with Crippen molar-refractivity contribution in [3.05, 3.63) is 90.0 Å². The minimum absolute atomic E-state index is 0.0589. The fourth-order valence-corrected chi connectivity index (χ4v) is 4.66. The third-order valence-corrected chi connectivity index (χ3v) is 6.38. The van der Waals surface area contributed by atoms with Crippen molar-refractivity contribution in [3.63, 3.8) is 0 Å². The Kier molecular flexibility index (Phi) is 5.68. The molecule has 3 heterocycles. The molecule has 4 aromatic rings. The van der Waals surface area contributed by atoms with Crippen LogP contribution in [0.15, 0.2) is 78.2 Å². The van der Waals surface area contributed by atoms with Crippen molar-refractivity contribution in [1.29, 1.82) is 0 Å². The molecule has 1 amide bonds. The zero-order valence-electron chi connectivity index (χ0n) is 17.2. The highest BCUT2D eigenvalue weighted by Gasteiger charge is 2.22. The average Bonchev–Trinajstić information content (AvgIpc) is 3.27. The van der Waals surface area contributed by atoms with Gasteiger partial charge >= 0.3 is 0 Å². The number of pyridine rings is 1. The largest absolute Gasteiger partial charge is 0.337 e. The molecule has 6 nitrogen and oxygen atoms in total. The normalized spacial score (nSPS) is 13.1. The third-order valence-electron chi connectivity index (χ3n) is 5.46. The summed E-state index contributed by atoms with van der Waals surface area (Å²) in [5.74, 6) is 0.601. The van der Waals surface area contributed by atoms with Gasteiger partial charge in [0.2, 0.25) is 5.91 Å². The van der Waals surface area contributed by atoms with E-state index in [-0.39, 0.29) is 17.5 Å². The maximum Gasteiger partial charge on any atom is 0.233 e. The number of fused-ring (bicyclic) bond motifs is 1. The number of thioether (sulfide) groups is 1. The Morgan fingerprint density at radius 3 is 2.50 bits per heavy atom. The summed E-state index contributed by atoms with van der Waals surface area (Å²) in [6, 6.07) is 18.1. The molecule has 0 N–H and O–H groups in total. The van der Waals surface area contributed by atoms with E-state index in [0.29, 0.717) is 24.1 Å². The average molecular weight is 446 g/mol. The van der Waals surface area contributed by atoms with Crippen molar-refractivity contribution >= 4 is 17.7 Å². The molecule has 2 aromatic carbocycles. The second-order valence-corrected chi connectivity index (χ2v) is 8.42. The van der Waals surface area contributed by atoms with Crippen molar-refractivity contribution in [2.24, 2.45) is 0 Å². The maximum atomic E-state index is 13.5. The molecule has 0 spiro atoms. The van der Waals surface area contributed by atoms with Gasteiger partial charge in [-0.1, -0.05) is 36.0 Å². The van der Waals surface area contributed by atoms with Crippen LogP contribution in [0.25, 0.3) is 17.1 Å². The van der Waals surface area contributed by atoms with Crippen LogP contribution < -0.4 is 0 Å². The summed E-state index contributed by atoms with van der Waals surface area (Å²) in [6.07, 6.45) is 4.23. The van der Waals surface area contributed by atoms with Crippen LogP contribution in [0.1, 0.15) is 11.1 Å². The van der Waals surface area contributed by atoms with Crippen molar-refractivity contribution in [2.45, 2.75) is 18.1 Å². The van der Waals surface area contributed by atoms with Gasteiger partial charge in [-0.3, -0.25) is 14.3 Å². The predicted molar refractivity (Wildman–Crippen MR) is 121 cm³/mol. The maximum absolute atomic E-state index is 13.5. The summed E-state index contributed by atoms with van der Waals surface area (Å²) in [5.41, 5.74) is 4.07. The molecule has 0 atom stereocenters. The highest BCUT2D eigenvalue weighted by atomic mass is 32.2. The Balaban J connectivity index is 1.38. The number of carbonyl (C=O) groups excluding carboxylic acids is 1. The van der Waals surface area contributed by atoms with Crippen LogP contribution in [0.5, 0.6) is 0 Å². The van der Waals surface area contributed by atoms with Gasteiger partial charge < -0.3 is 4.90 Å². The smallest absolute Gasteiger partial charge is 0.233 e. The van der Waals surface area contributed by atoms with Crippen LogP contribution in [-0.2, 0) is 17.8 Å². The fourth-order valence-electron chi connectivity index (χ4n) is 3.80. The molecule has 0 radical (unpaired) electrons. The molecule has 5 rings (SSSR count). The standard InChI is InChI=1S/C24H20FN5OS/c25-20-5-7-21(8-6-20)30-23(18-9-12-26-13-10-18)27-28-24(30)32-16-22(31)29-14-11-17-3-1-2-4-19(17)15-29/h1-10,12-13H,11,14-16H2. The monoisotopic (exact) mass is 445 g/mol. The van der Waals surface area contributed by atoms with Gasteiger partial charge in [-0.15, -0.1) is 10.2 Å². The topological polar surface area (TPSA) is 63.9 Å². The van der Waals surface area contributed by atoms with Crippen molar-refractivity contribution in [3.8, 4) is 17.1 Å². The first-order valence-corrected chi connectivity index (χ1v) is 11.3. The van der Waals surface area contributed by atoms with Gasteiger partial charge in [0, 0.05) is 36.7 Å². The number of carbonyl (C=O) groups is 1. The number of hydrogen-bond acceptors (Lipinski definition) is 5. The number of halogens is 1. The molecule has 2 aromatic heterocycles. The Labute approximate surface area is 189 Å². The van der Waals surface area contributed by atoms with Crippen LogP contribution >= 0.6 is 11.8 Å². The van der Waals surface area contributed by atoms with Gasteiger partial charge in [0.05, 0.1) is 5.75 Å². The minimum Gasteiger partial charge on any atom is -0.337 e. The van der Waals surface area contributed by atoms with E-state index >= 15 is 0 Å². The van der Waals surface area contributed by atoms with E-state index in [0.717, 1.165) is 17.7 Å². The third kappa shape index (κ3) is 4.13. The Morgan fingerprint density at radius 2 is 1.72 bits per heavy atom. The summed E-state index contributed by atoms with van der Waals surface area (Å²) in [4.78, 5) is 18.9. The van der Waals surface area contributed by atoms with Gasteiger partial charge in [-0.05, 0) is 53.9 Å². The van der Waals surface area contributed by atoms with Crippen molar-refractivity contribution in [1.82, 2.24) is 24.6 Å². The zero-order valence-corrected chi connectivity index (χ0v) is 18.0. The molecule has 1 aliphatic heterocycles. The van der Waals surface area contributed by atoms with Gasteiger partial charge in [-0.25, -0.2) is 4.39 Å². The lowest BCUT2D eigenvalue weighted by Crippen LogP contribution is -2.37. The molecule has 1 aliphatic rings. The Morgan fingerprint density at radius 1 is 0.969 bits per heavy atom.